The second-order valence-electron chi connectivity index (χ2n) is 5.40. The van der Waals surface area contributed by atoms with Crippen molar-refractivity contribution >= 4 is 5.91 Å². The van der Waals surface area contributed by atoms with Crippen molar-refractivity contribution in [2.45, 2.75) is 46.1 Å². The molecule has 1 saturated heterocycles. The van der Waals surface area contributed by atoms with Crippen LogP contribution in [0, 0.1) is 17.2 Å². The Hall–Kier alpha value is -1.08. The van der Waals surface area contributed by atoms with Crippen LogP contribution in [0.4, 0.5) is 0 Å². The molecule has 1 fully saturated rings. The topological polar surface area (TPSA) is 47.3 Å². The maximum atomic E-state index is 12.0. The second kappa shape index (κ2) is 7.38. The minimum absolute atomic E-state index is 0.0120. The summed E-state index contributed by atoms with van der Waals surface area (Å²) in [6.45, 7) is 9.53. The minimum atomic E-state index is 0.0120. The fraction of sp³-hybridized carbons (Fsp3) is 0.857. The number of piperazine rings is 1. The van der Waals surface area contributed by atoms with E-state index in [-0.39, 0.29) is 11.9 Å². The maximum absolute atomic E-state index is 12.0. The Kier molecular flexibility index (Phi) is 6.14. The molecule has 1 amide bonds. The van der Waals surface area contributed by atoms with E-state index in [4.69, 9.17) is 5.26 Å². The zero-order valence-corrected chi connectivity index (χ0v) is 11.9. The van der Waals surface area contributed by atoms with Gasteiger partial charge in [0.1, 0.15) is 0 Å². The Morgan fingerprint density at radius 2 is 1.89 bits per heavy atom. The summed E-state index contributed by atoms with van der Waals surface area (Å²) in [6, 6.07) is 2.34. The van der Waals surface area contributed by atoms with Crippen molar-refractivity contribution in [3.8, 4) is 6.07 Å². The predicted octanol–water partition coefficient (Wildman–Crippen LogP) is 1.87. The SMILES string of the molecule is CCC(C#N)N1CCN(C(=O)CCC(C)C)CC1. The van der Waals surface area contributed by atoms with E-state index in [0.717, 1.165) is 39.0 Å². The molecule has 1 aliphatic heterocycles. The lowest BCUT2D eigenvalue weighted by Gasteiger charge is -2.36. The van der Waals surface area contributed by atoms with Crippen LogP contribution in [-0.4, -0.2) is 47.9 Å². The van der Waals surface area contributed by atoms with E-state index in [1.54, 1.807) is 0 Å². The van der Waals surface area contributed by atoms with Crippen LogP contribution in [-0.2, 0) is 4.79 Å². The van der Waals surface area contributed by atoms with E-state index in [0.29, 0.717) is 12.3 Å². The number of carbonyl (C=O) groups is 1. The van der Waals surface area contributed by atoms with Crippen molar-refractivity contribution in [2.75, 3.05) is 26.2 Å². The Labute approximate surface area is 111 Å². The fourth-order valence-electron chi connectivity index (χ4n) is 2.28. The van der Waals surface area contributed by atoms with Gasteiger partial charge in [-0.25, -0.2) is 0 Å². The zero-order chi connectivity index (χ0) is 13.5. The van der Waals surface area contributed by atoms with E-state index in [1.807, 2.05) is 11.8 Å². The molecule has 0 bridgehead atoms. The first-order valence-corrected chi connectivity index (χ1v) is 6.99. The van der Waals surface area contributed by atoms with Crippen LogP contribution in [0.1, 0.15) is 40.0 Å². The maximum Gasteiger partial charge on any atom is 0.222 e. The van der Waals surface area contributed by atoms with E-state index in [9.17, 15) is 4.79 Å². The molecule has 1 unspecified atom stereocenters. The number of rotatable bonds is 5. The molecule has 1 heterocycles. The minimum Gasteiger partial charge on any atom is -0.340 e. The van der Waals surface area contributed by atoms with Crippen LogP contribution in [0.25, 0.3) is 0 Å². The second-order valence-corrected chi connectivity index (χ2v) is 5.40. The lowest BCUT2D eigenvalue weighted by Crippen LogP contribution is -2.51. The number of carbonyl (C=O) groups excluding carboxylic acids is 1. The van der Waals surface area contributed by atoms with Crippen molar-refractivity contribution in [2.24, 2.45) is 5.92 Å². The quantitative estimate of drug-likeness (QED) is 0.749. The van der Waals surface area contributed by atoms with Gasteiger partial charge in [0, 0.05) is 32.6 Å². The summed E-state index contributed by atoms with van der Waals surface area (Å²) in [7, 11) is 0. The van der Waals surface area contributed by atoms with E-state index >= 15 is 0 Å². The number of nitriles is 1. The number of amides is 1. The highest BCUT2D eigenvalue weighted by atomic mass is 16.2. The molecule has 102 valence electrons. The number of hydrogen-bond donors (Lipinski definition) is 0. The fourth-order valence-corrected chi connectivity index (χ4v) is 2.28. The highest BCUT2D eigenvalue weighted by molar-refractivity contribution is 5.76. The summed E-state index contributed by atoms with van der Waals surface area (Å²) in [4.78, 5) is 16.1. The van der Waals surface area contributed by atoms with Crippen molar-refractivity contribution < 1.29 is 4.79 Å². The molecule has 4 heteroatoms. The van der Waals surface area contributed by atoms with Gasteiger partial charge in [0.2, 0.25) is 5.91 Å². The van der Waals surface area contributed by atoms with Gasteiger partial charge in [-0.2, -0.15) is 5.26 Å². The first-order chi connectivity index (χ1) is 8.58. The summed E-state index contributed by atoms with van der Waals surface area (Å²) < 4.78 is 0. The summed E-state index contributed by atoms with van der Waals surface area (Å²) in [6.07, 6.45) is 2.49. The summed E-state index contributed by atoms with van der Waals surface area (Å²) in [5, 5.41) is 9.03. The average molecular weight is 251 g/mol. The van der Waals surface area contributed by atoms with Gasteiger partial charge in [0.05, 0.1) is 12.1 Å². The van der Waals surface area contributed by atoms with E-state index in [2.05, 4.69) is 24.8 Å². The molecule has 0 aromatic heterocycles. The molecular formula is C14H25N3O. The molecule has 0 aromatic carbocycles. The summed E-state index contributed by atoms with van der Waals surface area (Å²) in [5.74, 6) is 0.853. The first kappa shape index (κ1) is 15.0. The van der Waals surface area contributed by atoms with Gasteiger partial charge in [-0.05, 0) is 18.8 Å². The molecule has 1 aliphatic rings. The van der Waals surface area contributed by atoms with Gasteiger partial charge in [-0.3, -0.25) is 9.69 Å². The molecule has 0 N–H and O–H groups in total. The largest absolute Gasteiger partial charge is 0.340 e. The van der Waals surface area contributed by atoms with Gasteiger partial charge >= 0.3 is 0 Å². The molecule has 0 radical (unpaired) electrons. The lowest BCUT2D eigenvalue weighted by atomic mass is 10.1. The van der Waals surface area contributed by atoms with Crippen molar-refractivity contribution in [3.05, 3.63) is 0 Å². The third kappa shape index (κ3) is 4.30. The molecule has 18 heavy (non-hydrogen) atoms. The lowest BCUT2D eigenvalue weighted by molar-refractivity contribution is -0.133. The van der Waals surface area contributed by atoms with Gasteiger partial charge in [-0.1, -0.05) is 20.8 Å². The van der Waals surface area contributed by atoms with E-state index in [1.165, 1.54) is 0 Å². The van der Waals surface area contributed by atoms with Crippen LogP contribution in [0.5, 0.6) is 0 Å². The molecule has 0 aromatic rings. The normalized spacial score (nSPS) is 18.7. The number of nitrogens with zero attached hydrogens (tertiary/aromatic N) is 3. The Bertz CT molecular complexity index is 301. The Morgan fingerprint density at radius 3 is 2.33 bits per heavy atom. The smallest absolute Gasteiger partial charge is 0.222 e. The van der Waals surface area contributed by atoms with Crippen LogP contribution in [0.2, 0.25) is 0 Å². The van der Waals surface area contributed by atoms with Gasteiger partial charge < -0.3 is 4.90 Å². The van der Waals surface area contributed by atoms with Gasteiger partial charge in [0.15, 0.2) is 0 Å². The average Bonchev–Trinajstić information content (AvgIpc) is 2.38. The standard InChI is InChI=1S/C14H25N3O/c1-4-13(11-15)16-7-9-17(10-8-16)14(18)6-5-12(2)3/h12-13H,4-10H2,1-3H3. The summed E-state index contributed by atoms with van der Waals surface area (Å²) in [5.41, 5.74) is 0. The highest BCUT2D eigenvalue weighted by Crippen LogP contribution is 2.11. The molecule has 1 rings (SSSR count). The van der Waals surface area contributed by atoms with E-state index < -0.39 is 0 Å². The van der Waals surface area contributed by atoms with Crippen molar-refractivity contribution in [1.29, 1.82) is 5.26 Å². The molecule has 0 spiro atoms. The zero-order valence-electron chi connectivity index (χ0n) is 11.9. The molecular weight excluding hydrogens is 226 g/mol. The van der Waals surface area contributed by atoms with Crippen molar-refractivity contribution in [1.82, 2.24) is 9.80 Å². The third-order valence-corrected chi connectivity index (χ3v) is 3.58. The Morgan fingerprint density at radius 1 is 1.28 bits per heavy atom. The molecule has 1 atom stereocenters. The monoisotopic (exact) mass is 251 g/mol. The molecule has 4 nitrogen and oxygen atoms in total. The van der Waals surface area contributed by atoms with Crippen LogP contribution in [0.15, 0.2) is 0 Å². The molecule has 0 saturated carbocycles. The van der Waals surface area contributed by atoms with Crippen LogP contribution in [0.3, 0.4) is 0 Å². The van der Waals surface area contributed by atoms with Crippen LogP contribution >= 0.6 is 0 Å². The Balaban J connectivity index is 2.35. The van der Waals surface area contributed by atoms with Gasteiger partial charge in [0.25, 0.3) is 0 Å². The number of hydrogen-bond acceptors (Lipinski definition) is 3. The van der Waals surface area contributed by atoms with Gasteiger partial charge in [-0.15, -0.1) is 0 Å². The highest BCUT2D eigenvalue weighted by Gasteiger charge is 2.24. The van der Waals surface area contributed by atoms with Crippen molar-refractivity contribution in [3.63, 3.8) is 0 Å². The predicted molar refractivity (Wildman–Crippen MR) is 71.9 cm³/mol. The summed E-state index contributed by atoms with van der Waals surface area (Å²) >= 11 is 0. The van der Waals surface area contributed by atoms with Crippen LogP contribution < -0.4 is 0 Å². The molecule has 0 aliphatic carbocycles. The third-order valence-electron chi connectivity index (χ3n) is 3.58. The first-order valence-electron chi connectivity index (χ1n) is 6.99.